The van der Waals surface area contributed by atoms with Crippen LogP contribution in [0.2, 0.25) is 0 Å². The second-order valence-corrected chi connectivity index (χ2v) is 5.18. The first-order valence-corrected chi connectivity index (χ1v) is 6.00. The molecule has 1 atom stereocenters. The van der Waals surface area contributed by atoms with E-state index < -0.39 is 0 Å². The van der Waals surface area contributed by atoms with E-state index in [0.29, 0.717) is 11.7 Å². The van der Waals surface area contributed by atoms with E-state index in [4.69, 9.17) is 16.1 Å². The van der Waals surface area contributed by atoms with E-state index in [1.54, 1.807) is 18.3 Å². The number of hydrogen-bond donors (Lipinski definition) is 0. The maximum absolute atomic E-state index is 5.81. The molecule has 2 aromatic rings. The van der Waals surface area contributed by atoms with Gasteiger partial charge in [0.25, 0.3) is 0 Å². The molecule has 0 aliphatic rings. The van der Waals surface area contributed by atoms with E-state index in [2.05, 4.69) is 26.1 Å². The summed E-state index contributed by atoms with van der Waals surface area (Å²) in [7, 11) is 0. The summed E-state index contributed by atoms with van der Waals surface area (Å²) in [6, 6.07) is 1.94. The highest BCUT2D eigenvalue weighted by Crippen LogP contribution is 2.29. The average molecular weight is 294 g/mol. The molecule has 14 heavy (non-hydrogen) atoms. The van der Waals surface area contributed by atoms with Crippen LogP contribution in [0.25, 0.3) is 10.7 Å². The molecule has 74 valence electrons. The molecule has 0 amide bonds. The summed E-state index contributed by atoms with van der Waals surface area (Å²) < 4.78 is 6.00. The number of alkyl halides is 1. The fraction of sp³-hybridized carbons (Fsp3) is 0.250. The van der Waals surface area contributed by atoms with Gasteiger partial charge in [0.2, 0.25) is 11.7 Å². The lowest BCUT2D eigenvalue weighted by molar-refractivity contribution is 0.379. The van der Waals surface area contributed by atoms with Crippen molar-refractivity contribution in [3.05, 3.63) is 21.8 Å². The molecule has 2 rings (SSSR count). The minimum absolute atomic E-state index is 0.250. The summed E-state index contributed by atoms with van der Waals surface area (Å²) >= 11 is 10.7. The zero-order valence-electron chi connectivity index (χ0n) is 7.20. The number of halogens is 2. The first-order chi connectivity index (χ1) is 6.66. The van der Waals surface area contributed by atoms with E-state index >= 15 is 0 Å². The molecule has 0 saturated carbocycles. The van der Waals surface area contributed by atoms with Crippen molar-refractivity contribution < 1.29 is 4.52 Å². The maximum atomic E-state index is 5.81. The fourth-order valence-corrected chi connectivity index (χ4v) is 2.37. The van der Waals surface area contributed by atoms with Gasteiger partial charge in [0, 0.05) is 9.85 Å². The molecule has 2 heterocycles. The molecule has 0 aromatic carbocycles. The minimum Gasteiger partial charge on any atom is -0.337 e. The minimum atomic E-state index is -0.250. The van der Waals surface area contributed by atoms with Crippen molar-refractivity contribution in [2.75, 3.05) is 0 Å². The van der Waals surface area contributed by atoms with E-state index in [1.165, 1.54) is 0 Å². The SMILES string of the molecule is CC(Cl)c1nc(-c2cc(Br)cs2)no1. The van der Waals surface area contributed by atoms with E-state index in [9.17, 15) is 0 Å². The number of rotatable bonds is 2. The normalized spacial score (nSPS) is 13.1. The Kier molecular flexibility index (Phi) is 2.90. The number of aromatic nitrogens is 2. The smallest absolute Gasteiger partial charge is 0.244 e. The van der Waals surface area contributed by atoms with Crippen LogP contribution in [0.5, 0.6) is 0 Å². The van der Waals surface area contributed by atoms with E-state index in [-0.39, 0.29) is 5.38 Å². The van der Waals surface area contributed by atoms with Gasteiger partial charge >= 0.3 is 0 Å². The van der Waals surface area contributed by atoms with E-state index in [0.717, 1.165) is 9.35 Å². The van der Waals surface area contributed by atoms with Gasteiger partial charge in [-0.05, 0) is 28.9 Å². The molecule has 0 bridgehead atoms. The van der Waals surface area contributed by atoms with Crippen LogP contribution in [0.15, 0.2) is 20.4 Å². The third kappa shape index (κ3) is 1.99. The van der Waals surface area contributed by atoms with Crippen LogP contribution in [0.3, 0.4) is 0 Å². The van der Waals surface area contributed by atoms with E-state index in [1.807, 2.05) is 11.4 Å². The Morgan fingerprint density at radius 2 is 2.43 bits per heavy atom. The second-order valence-electron chi connectivity index (χ2n) is 2.70. The van der Waals surface area contributed by atoms with Crippen molar-refractivity contribution in [1.29, 1.82) is 0 Å². The third-order valence-corrected chi connectivity index (χ3v) is 3.44. The Labute approximate surface area is 98.2 Å². The summed E-state index contributed by atoms with van der Waals surface area (Å²) in [5.74, 6) is 1.04. The topological polar surface area (TPSA) is 38.9 Å². The maximum Gasteiger partial charge on any atom is 0.244 e. The molecule has 0 fully saturated rings. The van der Waals surface area contributed by atoms with Gasteiger partial charge in [0.1, 0.15) is 5.38 Å². The summed E-state index contributed by atoms with van der Waals surface area (Å²) in [4.78, 5) is 5.14. The van der Waals surface area contributed by atoms with Crippen LogP contribution in [0.4, 0.5) is 0 Å². The lowest BCUT2D eigenvalue weighted by Crippen LogP contribution is -1.82. The Balaban J connectivity index is 2.33. The van der Waals surface area contributed by atoms with Crippen LogP contribution < -0.4 is 0 Å². The van der Waals surface area contributed by atoms with Crippen LogP contribution >= 0.6 is 38.9 Å². The van der Waals surface area contributed by atoms with Gasteiger partial charge in [-0.25, -0.2) is 0 Å². The molecule has 1 unspecified atom stereocenters. The molecule has 0 aliphatic carbocycles. The predicted octanol–water partition coefficient (Wildman–Crippen LogP) is 3.86. The molecule has 0 aliphatic heterocycles. The van der Waals surface area contributed by atoms with Crippen molar-refractivity contribution >= 4 is 38.9 Å². The highest BCUT2D eigenvalue weighted by atomic mass is 79.9. The number of nitrogens with zero attached hydrogens (tertiary/aromatic N) is 2. The Hall–Kier alpha value is -0.390. The lowest BCUT2D eigenvalue weighted by Gasteiger charge is -1.89. The molecule has 0 radical (unpaired) electrons. The second kappa shape index (κ2) is 4.00. The standard InChI is InChI=1S/C8H6BrClN2OS/c1-4(10)8-11-7(12-13-8)6-2-5(9)3-14-6/h2-4H,1H3. The quantitative estimate of drug-likeness (QED) is 0.789. The molecular weight excluding hydrogens is 288 g/mol. The average Bonchev–Trinajstić information content (AvgIpc) is 2.70. The molecular formula is C8H6BrClN2OS. The van der Waals surface area contributed by atoms with Gasteiger partial charge in [-0.15, -0.1) is 22.9 Å². The van der Waals surface area contributed by atoms with Gasteiger partial charge in [0.05, 0.1) is 4.88 Å². The first kappa shape index (κ1) is 10.1. The predicted molar refractivity (Wildman–Crippen MR) is 59.6 cm³/mol. The van der Waals surface area contributed by atoms with Crippen molar-refractivity contribution in [3.8, 4) is 10.7 Å². The molecule has 0 N–H and O–H groups in total. The summed E-state index contributed by atoms with van der Waals surface area (Å²) in [6.45, 7) is 1.79. The number of thiophene rings is 1. The Morgan fingerprint density at radius 1 is 1.64 bits per heavy atom. The first-order valence-electron chi connectivity index (χ1n) is 3.89. The summed E-state index contributed by atoms with van der Waals surface area (Å²) in [5, 5.41) is 5.56. The van der Waals surface area contributed by atoms with Gasteiger partial charge in [-0.2, -0.15) is 4.98 Å². The van der Waals surface area contributed by atoms with Crippen molar-refractivity contribution in [1.82, 2.24) is 10.1 Å². The zero-order chi connectivity index (χ0) is 10.1. The third-order valence-electron chi connectivity index (χ3n) is 1.57. The van der Waals surface area contributed by atoms with Gasteiger partial charge in [-0.1, -0.05) is 5.16 Å². The van der Waals surface area contributed by atoms with Crippen LogP contribution in [-0.4, -0.2) is 10.1 Å². The zero-order valence-corrected chi connectivity index (χ0v) is 10.4. The highest BCUT2D eigenvalue weighted by Gasteiger charge is 2.13. The fourth-order valence-electron chi connectivity index (χ4n) is 0.927. The van der Waals surface area contributed by atoms with Crippen molar-refractivity contribution in [2.24, 2.45) is 0 Å². The monoisotopic (exact) mass is 292 g/mol. The van der Waals surface area contributed by atoms with Gasteiger partial charge < -0.3 is 4.52 Å². The molecule has 2 aromatic heterocycles. The molecule has 3 nitrogen and oxygen atoms in total. The lowest BCUT2D eigenvalue weighted by atomic mass is 10.4. The molecule has 6 heteroatoms. The van der Waals surface area contributed by atoms with Crippen molar-refractivity contribution in [3.63, 3.8) is 0 Å². The highest BCUT2D eigenvalue weighted by molar-refractivity contribution is 9.10. The molecule has 0 saturated heterocycles. The Bertz CT molecular complexity index is 440. The van der Waals surface area contributed by atoms with Crippen LogP contribution in [0.1, 0.15) is 18.2 Å². The largest absolute Gasteiger partial charge is 0.337 e. The molecule has 0 spiro atoms. The van der Waals surface area contributed by atoms with Gasteiger partial charge in [-0.3, -0.25) is 0 Å². The van der Waals surface area contributed by atoms with Crippen LogP contribution in [-0.2, 0) is 0 Å². The summed E-state index contributed by atoms with van der Waals surface area (Å²) in [5.41, 5.74) is 0. The Morgan fingerprint density at radius 3 is 2.93 bits per heavy atom. The van der Waals surface area contributed by atoms with Crippen molar-refractivity contribution in [2.45, 2.75) is 12.3 Å². The van der Waals surface area contributed by atoms with Crippen LogP contribution in [0, 0.1) is 0 Å². The number of hydrogen-bond acceptors (Lipinski definition) is 4. The summed E-state index contributed by atoms with van der Waals surface area (Å²) in [6.07, 6.45) is 0. The van der Waals surface area contributed by atoms with Gasteiger partial charge in [0.15, 0.2) is 0 Å².